The number of carbonyl (C=O) groups excluding carboxylic acids is 2. The number of aromatic nitrogens is 3. The number of carbonyl (C=O) groups is 2. The van der Waals surface area contributed by atoms with Crippen LogP contribution in [0.25, 0.3) is 0 Å². The number of hydrogen-bond acceptors (Lipinski definition) is 5. The second kappa shape index (κ2) is 11.2. The number of allylic oxidation sites excluding steroid dienone is 1. The monoisotopic (exact) mass is 531 g/mol. The predicted octanol–water partition coefficient (Wildman–Crippen LogP) is 4.90. The second-order valence-corrected chi connectivity index (χ2v) is 9.12. The molecule has 172 valence electrons. The quantitative estimate of drug-likeness (QED) is 0.303. The van der Waals surface area contributed by atoms with Crippen molar-refractivity contribution in [3.8, 4) is 0 Å². The molecule has 2 N–H and O–H groups in total. The molecule has 2 amide bonds. The topological polar surface area (TPSA) is 88.9 Å². The summed E-state index contributed by atoms with van der Waals surface area (Å²) < 4.78 is 16.3. The molecule has 1 aromatic heterocycles. The van der Waals surface area contributed by atoms with Crippen molar-refractivity contribution < 1.29 is 14.0 Å². The molecule has 0 bridgehead atoms. The van der Waals surface area contributed by atoms with E-state index in [4.69, 9.17) is 0 Å². The highest BCUT2D eigenvalue weighted by Gasteiger charge is 2.20. The van der Waals surface area contributed by atoms with Crippen molar-refractivity contribution in [2.24, 2.45) is 0 Å². The Kier molecular flexibility index (Phi) is 8.40. The van der Waals surface area contributed by atoms with Crippen molar-refractivity contribution >= 4 is 45.2 Å². The van der Waals surface area contributed by atoms with Gasteiger partial charge in [0.05, 0.1) is 17.5 Å². The standard InChI is InChI=1S/C23H23BrFN5O2S/c1-4-11-30-21(15(3)26-22(32)16-7-5-14(2)6-8-16)28-29-23(30)33-13-20(31)27-19-10-9-17(24)12-18(19)25/h4-10,12,15H,1,11,13H2,2-3H3,(H,26,32)(H,27,31)/t15-/m1/s1. The summed E-state index contributed by atoms with van der Waals surface area (Å²) in [7, 11) is 0. The van der Waals surface area contributed by atoms with Gasteiger partial charge < -0.3 is 15.2 Å². The number of nitrogens with zero attached hydrogens (tertiary/aromatic N) is 3. The van der Waals surface area contributed by atoms with E-state index in [1.54, 1.807) is 28.8 Å². The molecule has 1 heterocycles. The summed E-state index contributed by atoms with van der Waals surface area (Å²) in [6.45, 7) is 7.93. The molecule has 0 saturated carbocycles. The van der Waals surface area contributed by atoms with Crippen LogP contribution in [0.5, 0.6) is 0 Å². The number of halogens is 2. The van der Waals surface area contributed by atoms with Crippen molar-refractivity contribution in [2.75, 3.05) is 11.1 Å². The van der Waals surface area contributed by atoms with E-state index in [0.29, 0.717) is 27.6 Å². The smallest absolute Gasteiger partial charge is 0.251 e. The van der Waals surface area contributed by atoms with Gasteiger partial charge in [0.2, 0.25) is 5.91 Å². The van der Waals surface area contributed by atoms with Crippen molar-refractivity contribution in [1.29, 1.82) is 0 Å². The predicted molar refractivity (Wildman–Crippen MR) is 131 cm³/mol. The van der Waals surface area contributed by atoms with E-state index in [9.17, 15) is 14.0 Å². The molecule has 0 aliphatic carbocycles. The summed E-state index contributed by atoms with van der Waals surface area (Å²) in [5.74, 6) is -0.581. The van der Waals surface area contributed by atoms with E-state index in [1.165, 1.54) is 12.1 Å². The van der Waals surface area contributed by atoms with Crippen molar-refractivity contribution in [1.82, 2.24) is 20.1 Å². The summed E-state index contributed by atoms with van der Waals surface area (Å²) in [5, 5.41) is 14.3. The van der Waals surface area contributed by atoms with E-state index in [0.717, 1.165) is 17.3 Å². The number of aryl methyl sites for hydroxylation is 1. The fraction of sp³-hybridized carbons (Fsp3) is 0.217. The van der Waals surface area contributed by atoms with Gasteiger partial charge in [0.25, 0.3) is 5.91 Å². The summed E-state index contributed by atoms with van der Waals surface area (Å²) in [6.07, 6.45) is 1.68. The minimum Gasteiger partial charge on any atom is -0.342 e. The molecule has 7 nitrogen and oxygen atoms in total. The van der Waals surface area contributed by atoms with Crippen molar-refractivity contribution in [2.45, 2.75) is 31.6 Å². The van der Waals surface area contributed by atoms with E-state index in [-0.39, 0.29) is 23.3 Å². The maximum Gasteiger partial charge on any atom is 0.251 e. The first-order valence-corrected chi connectivity index (χ1v) is 11.9. The molecule has 0 fully saturated rings. The lowest BCUT2D eigenvalue weighted by molar-refractivity contribution is -0.113. The van der Waals surface area contributed by atoms with Crippen LogP contribution in [-0.4, -0.2) is 32.3 Å². The van der Waals surface area contributed by atoms with Gasteiger partial charge in [-0.2, -0.15) is 0 Å². The lowest BCUT2D eigenvalue weighted by atomic mass is 10.1. The molecule has 1 atom stereocenters. The lowest BCUT2D eigenvalue weighted by Gasteiger charge is -2.15. The van der Waals surface area contributed by atoms with Gasteiger partial charge in [-0.15, -0.1) is 16.8 Å². The normalized spacial score (nSPS) is 11.6. The third-order valence-electron chi connectivity index (χ3n) is 4.64. The number of amides is 2. The van der Waals surface area contributed by atoms with Gasteiger partial charge in [-0.1, -0.05) is 51.5 Å². The SMILES string of the molecule is C=CCn1c(SCC(=O)Nc2ccc(Br)cc2F)nnc1[C@@H](C)NC(=O)c1ccc(C)cc1. The summed E-state index contributed by atoms with van der Waals surface area (Å²) in [5.41, 5.74) is 1.72. The van der Waals surface area contributed by atoms with Gasteiger partial charge in [-0.05, 0) is 44.2 Å². The molecule has 33 heavy (non-hydrogen) atoms. The first kappa shape index (κ1) is 24.7. The second-order valence-electron chi connectivity index (χ2n) is 7.26. The summed E-state index contributed by atoms with van der Waals surface area (Å²) in [4.78, 5) is 24.9. The Morgan fingerprint density at radius 3 is 2.64 bits per heavy atom. The van der Waals surface area contributed by atoms with Crippen LogP contribution in [0.2, 0.25) is 0 Å². The minimum atomic E-state index is -0.530. The Balaban J connectivity index is 1.66. The Morgan fingerprint density at radius 2 is 1.97 bits per heavy atom. The Bertz CT molecular complexity index is 1170. The van der Waals surface area contributed by atoms with Crippen LogP contribution in [0.1, 0.15) is 34.7 Å². The zero-order valence-corrected chi connectivity index (χ0v) is 20.5. The molecule has 0 radical (unpaired) electrons. The molecular formula is C23H23BrFN5O2S. The fourth-order valence-corrected chi connectivity index (χ4v) is 4.07. The highest BCUT2D eigenvalue weighted by molar-refractivity contribution is 9.10. The average Bonchev–Trinajstić information content (AvgIpc) is 3.17. The third kappa shape index (κ3) is 6.52. The summed E-state index contributed by atoms with van der Waals surface area (Å²) >= 11 is 4.35. The van der Waals surface area contributed by atoms with E-state index in [1.807, 2.05) is 26.0 Å². The maximum absolute atomic E-state index is 14.0. The van der Waals surface area contributed by atoms with Crippen LogP contribution in [-0.2, 0) is 11.3 Å². The van der Waals surface area contributed by atoms with Crippen molar-refractivity contribution in [3.63, 3.8) is 0 Å². The van der Waals surface area contributed by atoms with E-state index in [2.05, 4.69) is 43.3 Å². The molecule has 10 heteroatoms. The lowest BCUT2D eigenvalue weighted by Crippen LogP contribution is -2.28. The van der Waals surface area contributed by atoms with Crippen LogP contribution in [0.4, 0.5) is 10.1 Å². The molecule has 0 aliphatic heterocycles. The Labute approximate surface area is 204 Å². The van der Waals surface area contributed by atoms with Gasteiger partial charge in [-0.3, -0.25) is 9.59 Å². The highest BCUT2D eigenvalue weighted by atomic mass is 79.9. The molecule has 2 aromatic carbocycles. The first-order valence-electron chi connectivity index (χ1n) is 10.1. The Hall–Kier alpha value is -2.98. The number of nitrogens with one attached hydrogen (secondary N) is 2. The zero-order valence-electron chi connectivity index (χ0n) is 18.1. The molecular weight excluding hydrogens is 509 g/mol. The largest absolute Gasteiger partial charge is 0.342 e. The van der Waals surface area contributed by atoms with Crippen LogP contribution in [0.15, 0.2) is 64.7 Å². The minimum absolute atomic E-state index is 0.00882. The van der Waals surface area contributed by atoms with Gasteiger partial charge in [0.15, 0.2) is 11.0 Å². The number of anilines is 1. The van der Waals surface area contributed by atoms with E-state index < -0.39 is 11.9 Å². The maximum atomic E-state index is 14.0. The number of benzene rings is 2. The van der Waals surface area contributed by atoms with E-state index >= 15 is 0 Å². The third-order valence-corrected chi connectivity index (χ3v) is 6.10. The van der Waals surface area contributed by atoms with Gasteiger partial charge in [-0.25, -0.2) is 4.39 Å². The molecule has 3 rings (SSSR count). The average molecular weight is 532 g/mol. The Morgan fingerprint density at radius 1 is 1.24 bits per heavy atom. The van der Waals surface area contributed by atoms with Gasteiger partial charge in [0, 0.05) is 16.6 Å². The molecule has 3 aromatic rings. The molecule has 0 spiro atoms. The first-order chi connectivity index (χ1) is 15.8. The molecule has 0 unspecified atom stereocenters. The fourth-order valence-electron chi connectivity index (χ4n) is 2.98. The van der Waals surface area contributed by atoms with Crippen LogP contribution < -0.4 is 10.6 Å². The van der Waals surface area contributed by atoms with Crippen molar-refractivity contribution in [3.05, 3.63) is 82.4 Å². The number of hydrogen-bond donors (Lipinski definition) is 2. The van der Waals surface area contributed by atoms with Gasteiger partial charge >= 0.3 is 0 Å². The summed E-state index contributed by atoms with van der Waals surface area (Å²) in [6, 6.07) is 11.3. The van der Waals surface area contributed by atoms with Crippen LogP contribution in [0, 0.1) is 12.7 Å². The highest BCUT2D eigenvalue weighted by Crippen LogP contribution is 2.23. The van der Waals surface area contributed by atoms with Gasteiger partial charge in [0.1, 0.15) is 5.82 Å². The van der Waals surface area contributed by atoms with Crippen LogP contribution >= 0.6 is 27.7 Å². The zero-order chi connectivity index (χ0) is 24.0. The number of rotatable bonds is 9. The van der Waals surface area contributed by atoms with Crippen LogP contribution in [0.3, 0.4) is 0 Å². The molecule has 0 saturated heterocycles. The number of thioether (sulfide) groups is 1. The molecule has 0 aliphatic rings.